The molecule has 0 amide bonds. The van der Waals surface area contributed by atoms with Crippen LogP contribution in [0.25, 0.3) is 0 Å². The highest BCUT2D eigenvalue weighted by Gasteiger charge is 2.36. The van der Waals surface area contributed by atoms with Crippen LogP contribution in [0.3, 0.4) is 0 Å². The van der Waals surface area contributed by atoms with E-state index < -0.39 is 23.6 Å². The van der Waals surface area contributed by atoms with Gasteiger partial charge in [0, 0.05) is 12.1 Å². The van der Waals surface area contributed by atoms with E-state index in [1.54, 1.807) is 12.1 Å². The molecule has 208 valence electrons. The molecule has 40 heavy (non-hydrogen) atoms. The average Bonchev–Trinajstić information content (AvgIpc) is 3.25. The molecule has 1 aliphatic heterocycles. The first kappa shape index (κ1) is 28.5. The van der Waals surface area contributed by atoms with Crippen LogP contribution in [0.4, 0.5) is 5.69 Å². The Morgan fingerprint density at radius 2 is 1.82 bits per heavy atom. The maximum atomic E-state index is 12.5. The summed E-state index contributed by atoms with van der Waals surface area (Å²) in [4.78, 5) is 27.6. The van der Waals surface area contributed by atoms with Gasteiger partial charge in [0.25, 0.3) is 5.69 Å². The Labute approximate surface area is 232 Å². The van der Waals surface area contributed by atoms with E-state index in [-0.39, 0.29) is 23.6 Å². The molecule has 0 radical (unpaired) electrons. The molecular formula is C31H32N2O7. The summed E-state index contributed by atoms with van der Waals surface area (Å²) in [6.45, 7) is 2.13. The van der Waals surface area contributed by atoms with Crippen molar-refractivity contribution in [2.45, 2.75) is 51.9 Å². The van der Waals surface area contributed by atoms with E-state index in [2.05, 4.69) is 4.99 Å². The van der Waals surface area contributed by atoms with Crippen molar-refractivity contribution in [3.05, 3.63) is 116 Å². The second kappa shape index (κ2) is 13.5. The molecule has 0 spiro atoms. The number of rotatable bonds is 13. The van der Waals surface area contributed by atoms with E-state index in [4.69, 9.17) is 9.47 Å². The number of nitro groups is 1. The van der Waals surface area contributed by atoms with Gasteiger partial charge in [-0.05, 0) is 67.5 Å². The van der Waals surface area contributed by atoms with Crippen LogP contribution in [0.2, 0.25) is 0 Å². The number of esters is 1. The fourth-order valence-corrected chi connectivity index (χ4v) is 4.51. The summed E-state index contributed by atoms with van der Waals surface area (Å²) in [5, 5.41) is 30.9. The first-order chi connectivity index (χ1) is 19.4. The number of carbonyl (C=O) groups is 1. The van der Waals surface area contributed by atoms with Gasteiger partial charge in [-0.3, -0.25) is 15.1 Å². The van der Waals surface area contributed by atoms with E-state index in [9.17, 15) is 25.1 Å². The zero-order valence-electron chi connectivity index (χ0n) is 22.3. The number of unbranched alkanes of at least 4 members (excludes halogenated alkanes) is 1. The molecule has 9 nitrogen and oxygen atoms in total. The lowest BCUT2D eigenvalue weighted by Gasteiger charge is -2.12. The number of aliphatic imine (C=N–C) groups is 1. The van der Waals surface area contributed by atoms with Crippen molar-refractivity contribution in [2.24, 2.45) is 4.99 Å². The first-order valence-corrected chi connectivity index (χ1v) is 13.1. The number of cyclic esters (lactones) is 1. The van der Waals surface area contributed by atoms with Gasteiger partial charge in [-0.25, -0.2) is 4.79 Å². The summed E-state index contributed by atoms with van der Waals surface area (Å²) >= 11 is 0. The van der Waals surface area contributed by atoms with Gasteiger partial charge >= 0.3 is 5.97 Å². The predicted molar refractivity (Wildman–Crippen MR) is 150 cm³/mol. The fourth-order valence-electron chi connectivity index (χ4n) is 4.51. The van der Waals surface area contributed by atoms with Crippen LogP contribution in [0.1, 0.15) is 41.5 Å². The number of hydrogen-bond acceptors (Lipinski definition) is 8. The number of aliphatic hydroxyl groups is 2. The maximum absolute atomic E-state index is 12.5. The van der Waals surface area contributed by atoms with Gasteiger partial charge in [0.1, 0.15) is 17.9 Å². The standard InChI is InChI=1S/C31H32N2O7/c1-21-7-6-8-23(17-21)18-32-26(29-30(35)28(19-34)40-31(29)36)11-4-2-9-24-10-3-5-12-27(24)39-20-22-13-15-25(16-14-22)33(37)38/h3,5-8,10,12-17,28,34-35H,2,4,9,11,18-20H2,1H3. The van der Waals surface area contributed by atoms with E-state index in [0.717, 1.165) is 40.8 Å². The molecule has 3 aromatic rings. The Morgan fingerprint density at radius 1 is 1.05 bits per heavy atom. The third-order valence-electron chi connectivity index (χ3n) is 6.63. The van der Waals surface area contributed by atoms with Crippen molar-refractivity contribution in [1.82, 2.24) is 0 Å². The Bertz CT molecular complexity index is 1410. The Kier molecular flexibility index (Phi) is 9.64. The topological polar surface area (TPSA) is 131 Å². The lowest BCUT2D eigenvalue weighted by Crippen LogP contribution is -2.15. The molecule has 1 aliphatic rings. The normalized spacial score (nSPS) is 15.3. The van der Waals surface area contributed by atoms with Crippen LogP contribution in [-0.4, -0.2) is 39.5 Å². The smallest absolute Gasteiger partial charge is 0.344 e. The molecule has 1 unspecified atom stereocenters. The SMILES string of the molecule is Cc1cccc(CN=C(CCCCc2ccccc2OCc2ccc([N+](=O)[O-])cc2)C2=C(O)C(CO)OC2=O)c1. The summed E-state index contributed by atoms with van der Waals surface area (Å²) in [7, 11) is 0. The second-order valence-electron chi connectivity index (χ2n) is 9.62. The number of aliphatic hydroxyl groups excluding tert-OH is 2. The molecule has 4 rings (SSSR count). The van der Waals surface area contributed by atoms with Crippen LogP contribution in [0.15, 0.2) is 89.1 Å². The number of ether oxygens (including phenoxy) is 2. The Balaban J connectivity index is 1.40. The van der Waals surface area contributed by atoms with Crippen LogP contribution >= 0.6 is 0 Å². The van der Waals surface area contributed by atoms with Gasteiger partial charge in [0.15, 0.2) is 11.9 Å². The minimum Gasteiger partial charge on any atom is -0.507 e. The highest BCUT2D eigenvalue weighted by molar-refractivity contribution is 6.21. The van der Waals surface area contributed by atoms with E-state index in [1.165, 1.54) is 12.1 Å². The maximum Gasteiger partial charge on any atom is 0.344 e. The van der Waals surface area contributed by atoms with Crippen molar-refractivity contribution < 1.29 is 29.4 Å². The van der Waals surface area contributed by atoms with Gasteiger partial charge in [-0.15, -0.1) is 0 Å². The minimum absolute atomic E-state index is 0.0350. The number of non-ortho nitro benzene ring substituents is 1. The molecule has 0 bridgehead atoms. The quantitative estimate of drug-likeness (QED) is 0.0946. The highest BCUT2D eigenvalue weighted by Crippen LogP contribution is 2.26. The number of benzene rings is 3. The minimum atomic E-state index is -1.06. The number of nitrogens with zero attached hydrogens (tertiary/aromatic N) is 2. The number of aryl methyl sites for hydroxylation is 2. The molecule has 0 saturated heterocycles. The molecule has 0 aliphatic carbocycles. The summed E-state index contributed by atoms with van der Waals surface area (Å²) < 4.78 is 11.1. The molecule has 0 aromatic heterocycles. The number of para-hydroxylation sites is 1. The van der Waals surface area contributed by atoms with Crippen molar-refractivity contribution in [3.63, 3.8) is 0 Å². The number of hydrogen-bond donors (Lipinski definition) is 2. The van der Waals surface area contributed by atoms with Crippen molar-refractivity contribution in [1.29, 1.82) is 0 Å². The molecule has 9 heteroatoms. The molecule has 2 N–H and O–H groups in total. The first-order valence-electron chi connectivity index (χ1n) is 13.1. The van der Waals surface area contributed by atoms with Gasteiger partial charge in [-0.1, -0.05) is 48.0 Å². The largest absolute Gasteiger partial charge is 0.507 e. The number of nitro benzene ring substituents is 1. The van der Waals surface area contributed by atoms with Crippen LogP contribution in [-0.2, 0) is 29.1 Å². The third-order valence-corrected chi connectivity index (χ3v) is 6.63. The van der Waals surface area contributed by atoms with E-state index in [1.807, 2.05) is 55.5 Å². The predicted octanol–water partition coefficient (Wildman–Crippen LogP) is 5.57. The monoisotopic (exact) mass is 544 g/mol. The summed E-state index contributed by atoms with van der Waals surface area (Å²) in [5.41, 5.74) is 4.47. The van der Waals surface area contributed by atoms with Crippen molar-refractivity contribution >= 4 is 17.4 Å². The average molecular weight is 545 g/mol. The summed E-state index contributed by atoms with van der Waals surface area (Å²) in [6, 6.07) is 21.9. The summed E-state index contributed by atoms with van der Waals surface area (Å²) in [6.07, 6.45) is 1.57. The van der Waals surface area contributed by atoms with Gasteiger partial charge in [-0.2, -0.15) is 0 Å². The van der Waals surface area contributed by atoms with Gasteiger partial charge in [0.05, 0.1) is 23.8 Å². The molecule has 1 heterocycles. The number of carbonyl (C=O) groups excluding carboxylic acids is 1. The third kappa shape index (κ3) is 7.33. The van der Waals surface area contributed by atoms with Crippen LogP contribution < -0.4 is 4.74 Å². The molecule has 3 aromatic carbocycles. The molecular weight excluding hydrogens is 512 g/mol. The van der Waals surface area contributed by atoms with Crippen LogP contribution in [0, 0.1) is 17.0 Å². The van der Waals surface area contributed by atoms with Crippen LogP contribution in [0.5, 0.6) is 5.75 Å². The van der Waals surface area contributed by atoms with E-state index >= 15 is 0 Å². The molecule has 1 atom stereocenters. The zero-order chi connectivity index (χ0) is 28.5. The Morgan fingerprint density at radius 3 is 2.52 bits per heavy atom. The molecule has 0 fully saturated rings. The highest BCUT2D eigenvalue weighted by atomic mass is 16.6. The van der Waals surface area contributed by atoms with Gasteiger partial charge in [0.2, 0.25) is 0 Å². The lowest BCUT2D eigenvalue weighted by molar-refractivity contribution is -0.384. The molecule has 0 saturated carbocycles. The Hall–Kier alpha value is -4.50. The fraction of sp³-hybridized carbons (Fsp3) is 0.290. The van der Waals surface area contributed by atoms with Gasteiger partial charge < -0.3 is 19.7 Å². The zero-order valence-corrected chi connectivity index (χ0v) is 22.3. The van der Waals surface area contributed by atoms with Crippen molar-refractivity contribution in [2.75, 3.05) is 6.61 Å². The van der Waals surface area contributed by atoms with Crippen molar-refractivity contribution in [3.8, 4) is 5.75 Å². The lowest BCUT2D eigenvalue weighted by atomic mass is 10.00. The second-order valence-corrected chi connectivity index (χ2v) is 9.62. The summed E-state index contributed by atoms with van der Waals surface area (Å²) in [5.74, 6) is -0.218. The van der Waals surface area contributed by atoms with E-state index in [0.29, 0.717) is 25.1 Å².